The Morgan fingerprint density at radius 3 is 2.42 bits per heavy atom. The van der Waals surface area contributed by atoms with Crippen molar-refractivity contribution in [3.05, 3.63) is 35.4 Å². The summed E-state index contributed by atoms with van der Waals surface area (Å²) in [5.74, 6) is 0.551. The van der Waals surface area contributed by atoms with E-state index in [1.54, 1.807) is 0 Å². The molecule has 0 unspecified atom stereocenters. The third-order valence-electron chi connectivity index (χ3n) is 4.68. The van der Waals surface area contributed by atoms with Crippen LogP contribution in [0, 0.1) is 0 Å². The predicted octanol–water partition coefficient (Wildman–Crippen LogP) is 2.03. The Labute approximate surface area is 146 Å². The first-order chi connectivity index (χ1) is 11.7. The second kappa shape index (κ2) is 10.3. The molecule has 0 spiro atoms. The summed E-state index contributed by atoms with van der Waals surface area (Å²) >= 11 is 0. The monoisotopic (exact) mass is 331 g/mol. The summed E-state index contributed by atoms with van der Waals surface area (Å²) in [4.78, 5) is 9.55. The molecular formula is C19H33N5. The average molecular weight is 332 g/mol. The van der Waals surface area contributed by atoms with Crippen LogP contribution in [-0.4, -0.2) is 55.0 Å². The van der Waals surface area contributed by atoms with Gasteiger partial charge in [-0.15, -0.1) is 0 Å². The van der Waals surface area contributed by atoms with Crippen molar-refractivity contribution >= 4 is 5.96 Å². The standard InChI is InChI=1S/C19H33N5/c1-3-5-10-21-19(20)22-15-17-8-6-7-9-18(17)16-24-13-11-23(4-2)12-14-24/h6-9H,3-5,10-16H2,1-2H3,(H3,20,21,22). The molecule has 2 rings (SSSR count). The molecule has 134 valence electrons. The van der Waals surface area contributed by atoms with Crippen molar-refractivity contribution < 1.29 is 0 Å². The highest BCUT2D eigenvalue weighted by molar-refractivity contribution is 5.77. The van der Waals surface area contributed by atoms with Gasteiger partial charge in [0.25, 0.3) is 0 Å². The number of nitrogens with two attached hydrogens (primary N) is 1. The van der Waals surface area contributed by atoms with Crippen LogP contribution in [-0.2, 0) is 13.1 Å². The second-order valence-corrected chi connectivity index (χ2v) is 6.46. The zero-order chi connectivity index (χ0) is 17.2. The van der Waals surface area contributed by atoms with Gasteiger partial charge >= 0.3 is 0 Å². The minimum Gasteiger partial charge on any atom is -0.370 e. The predicted molar refractivity (Wildman–Crippen MR) is 102 cm³/mol. The van der Waals surface area contributed by atoms with Gasteiger partial charge in [-0.1, -0.05) is 44.5 Å². The van der Waals surface area contributed by atoms with Crippen molar-refractivity contribution in [3.8, 4) is 0 Å². The van der Waals surface area contributed by atoms with Gasteiger partial charge in [-0.3, -0.25) is 4.90 Å². The normalized spacial score (nSPS) is 17.2. The van der Waals surface area contributed by atoms with Gasteiger partial charge in [0.1, 0.15) is 0 Å². The number of piperazine rings is 1. The molecule has 1 aliphatic heterocycles. The van der Waals surface area contributed by atoms with Crippen LogP contribution >= 0.6 is 0 Å². The Morgan fingerprint density at radius 2 is 1.75 bits per heavy atom. The second-order valence-electron chi connectivity index (χ2n) is 6.46. The molecule has 0 aromatic heterocycles. The molecule has 1 aliphatic rings. The van der Waals surface area contributed by atoms with E-state index in [-0.39, 0.29) is 0 Å². The van der Waals surface area contributed by atoms with Crippen LogP contribution in [0.15, 0.2) is 29.3 Å². The van der Waals surface area contributed by atoms with E-state index < -0.39 is 0 Å². The number of guanidine groups is 1. The van der Waals surface area contributed by atoms with Gasteiger partial charge in [0.15, 0.2) is 5.96 Å². The van der Waals surface area contributed by atoms with Gasteiger partial charge in [0.2, 0.25) is 0 Å². The fourth-order valence-corrected chi connectivity index (χ4v) is 2.99. The minimum atomic E-state index is 0.551. The molecule has 0 bridgehead atoms. The van der Waals surface area contributed by atoms with Gasteiger partial charge in [-0.25, -0.2) is 4.99 Å². The number of likely N-dealkylation sites (N-methyl/N-ethyl adjacent to an activating group) is 1. The lowest BCUT2D eigenvalue weighted by atomic mass is 10.1. The highest BCUT2D eigenvalue weighted by atomic mass is 15.3. The Kier molecular flexibility index (Phi) is 8.05. The Hall–Kier alpha value is -1.59. The highest BCUT2D eigenvalue weighted by Gasteiger charge is 2.16. The van der Waals surface area contributed by atoms with E-state index in [0.29, 0.717) is 12.5 Å². The van der Waals surface area contributed by atoms with Crippen molar-refractivity contribution in [2.45, 2.75) is 39.8 Å². The Morgan fingerprint density at radius 1 is 1.08 bits per heavy atom. The SMILES string of the molecule is CCCCNC(N)=NCc1ccccc1CN1CCN(CC)CC1. The molecule has 0 atom stereocenters. The number of nitrogens with zero attached hydrogens (tertiary/aromatic N) is 3. The summed E-state index contributed by atoms with van der Waals surface area (Å²) < 4.78 is 0. The van der Waals surface area contributed by atoms with E-state index in [2.05, 4.69) is 58.2 Å². The number of benzene rings is 1. The van der Waals surface area contributed by atoms with E-state index in [9.17, 15) is 0 Å². The van der Waals surface area contributed by atoms with Crippen LogP contribution in [0.4, 0.5) is 0 Å². The molecular weight excluding hydrogens is 298 g/mol. The summed E-state index contributed by atoms with van der Waals surface area (Å²) in [6, 6.07) is 8.59. The zero-order valence-corrected chi connectivity index (χ0v) is 15.3. The van der Waals surface area contributed by atoms with Crippen molar-refractivity contribution in [1.82, 2.24) is 15.1 Å². The van der Waals surface area contributed by atoms with Gasteiger partial charge in [-0.2, -0.15) is 0 Å². The minimum absolute atomic E-state index is 0.551. The van der Waals surface area contributed by atoms with Gasteiger partial charge in [0.05, 0.1) is 6.54 Å². The van der Waals surface area contributed by atoms with Crippen molar-refractivity contribution in [3.63, 3.8) is 0 Å². The molecule has 0 radical (unpaired) electrons. The molecule has 0 amide bonds. The molecule has 5 heteroatoms. The fourth-order valence-electron chi connectivity index (χ4n) is 2.99. The smallest absolute Gasteiger partial charge is 0.188 e. The summed E-state index contributed by atoms with van der Waals surface area (Å²) in [5, 5.41) is 3.18. The van der Waals surface area contributed by atoms with Crippen molar-refractivity contribution in [2.75, 3.05) is 39.3 Å². The summed E-state index contributed by atoms with van der Waals surface area (Å²) in [5.41, 5.74) is 8.59. The first-order valence-corrected chi connectivity index (χ1v) is 9.28. The fraction of sp³-hybridized carbons (Fsp3) is 0.632. The summed E-state index contributed by atoms with van der Waals surface area (Å²) in [6.07, 6.45) is 2.28. The molecule has 0 aliphatic carbocycles. The first kappa shape index (κ1) is 18.7. The van der Waals surface area contributed by atoms with E-state index in [1.165, 1.54) is 24.2 Å². The van der Waals surface area contributed by atoms with Crippen molar-refractivity contribution in [1.29, 1.82) is 0 Å². The number of aliphatic imine (C=N–C) groups is 1. The van der Waals surface area contributed by atoms with E-state index in [4.69, 9.17) is 5.73 Å². The van der Waals surface area contributed by atoms with Gasteiger partial charge in [-0.05, 0) is 24.1 Å². The maximum Gasteiger partial charge on any atom is 0.188 e. The Bertz CT molecular complexity index is 506. The van der Waals surface area contributed by atoms with E-state index in [0.717, 1.165) is 45.6 Å². The van der Waals surface area contributed by atoms with Crippen LogP contribution in [0.5, 0.6) is 0 Å². The molecule has 24 heavy (non-hydrogen) atoms. The van der Waals surface area contributed by atoms with Crippen LogP contribution in [0.2, 0.25) is 0 Å². The van der Waals surface area contributed by atoms with Gasteiger partial charge in [0, 0.05) is 39.3 Å². The number of unbranched alkanes of at least 4 members (excludes halogenated alkanes) is 1. The lowest BCUT2D eigenvalue weighted by Crippen LogP contribution is -2.45. The maximum atomic E-state index is 5.95. The van der Waals surface area contributed by atoms with E-state index >= 15 is 0 Å². The molecule has 1 aromatic rings. The molecule has 1 heterocycles. The molecule has 0 saturated carbocycles. The third-order valence-corrected chi connectivity index (χ3v) is 4.68. The highest BCUT2D eigenvalue weighted by Crippen LogP contribution is 2.14. The topological polar surface area (TPSA) is 56.9 Å². The van der Waals surface area contributed by atoms with Crippen molar-refractivity contribution in [2.24, 2.45) is 10.7 Å². The molecule has 5 nitrogen and oxygen atoms in total. The molecule has 1 aromatic carbocycles. The largest absolute Gasteiger partial charge is 0.370 e. The van der Waals surface area contributed by atoms with Crippen LogP contribution < -0.4 is 11.1 Å². The Balaban J connectivity index is 1.89. The number of hydrogen-bond donors (Lipinski definition) is 2. The zero-order valence-electron chi connectivity index (χ0n) is 15.3. The summed E-state index contributed by atoms with van der Waals surface area (Å²) in [6.45, 7) is 12.8. The number of hydrogen-bond acceptors (Lipinski definition) is 3. The molecule has 1 fully saturated rings. The van der Waals surface area contributed by atoms with Crippen LogP contribution in [0.1, 0.15) is 37.8 Å². The van der Waals surface area contributed by atoms with E-state index in [1.807, 2.05) is 0 Å². The molecule has 3 N–H and O–H groups in total. The number of rotatable bonds is 8. The van der Waals surface area contributed by atoms with Crippen LogP contribution in [0.3, 0.4) is 0 Å². The number of nitrogens with one attached hydrogen (secondary N) is 1. The maximum absolute atomic E-state index is 5.95. The van der Waals surface area contributed by atoms with Gasteiger partial charge < -0.3 is 16.0 Å². The average Bonchev–Trinajstić information content (AvgIpc) is 2.62. The third kappa shape index (κ3) is 6.13. The lowest BCUT2D eigenvalue weighted by molar-refractivity contribution is 0.131. The molecule has 1 saturated heterocycles. The first-order valence-electron chi connectivity index (χ1n) is 9.28. The lowest BCUT2D eigenvalue weighted by Gasteiger charge is -2.34. The quantitative estimate of drug-likeness (QED) is 0.435. The summed E-state index contributed by atoms with van der Waals surface area (Å²) in [7, 11) is 0. The van der Waals surface area contributed by atoms with Crippen LogP contribution in [0.25, 0.3) is 0 Å².